The Kier molecular flexibility index (Phi) is 7.16. The van der Waals surface area contributed by atoms with Gasteiger partial charge in [0.1, 0.15) is 0 Å². The lowest BCUT2D eigenvalue weighted by molar-refractivity contribution is 1.07. The molecule has 5 nitrogen and oxygen atoms in total. The first-order valence-corrected chi connectivity index (χ1v) is 19.6. The first kappa shape index (κ1) is 32.4. The Morgan fingerprint density at radius 2 is 0.810 bits per heavy atom. The molecule has 3 heterocycles. The minimum atomic E-state index is 0.613. The summed E-state index contributed by atoms with van der Waals surface area (Å²) >= 11 is 0. The predicted molar refractivity (Wildman–Crippen MR) is 240 cm³/mol. The van der Waals surface area contributed by atoms with Crippen LogP contribution in [0.1, 0.15) is 0 Å². The van der Waals surface area contributed by atoms with E-state index in [1.165, 1.54) is 43.7 Å². The second-order valence-corrected chi connectivity index (χ2v) is 14.8. The monoisotopic (exact) mass is 739 g/mol. The van der Waals surface area contributed by atoms with Gasteiger partial charge >= 0.3 is 0 Å². The van der Waals surface area contributed by atoms with Gasteiger partial charge in [-0.3, -0.25) is 0 Å². The fourth-order valence-corrected chi connectivity index (χ4v) is 9.03. The molecule has 0 bridgehead atoms. The maximum absolute atomic E-state index is 5.32. The van der Waals surface area contributed by atoms with E-state index in [1.807, 2.05) is 18.2 Å². The highest BCUT2D eigenvalue weighted by Crippen LogP contribution is 2.44. The molecular weight excluding hydrogens is 707 g/mol. The van der Waals surface area contributed by atoms with E-state index in [0.29, 0.717) is 17.5 Å². The van der Waals surface area contributed by atoms with Gasteiger partial charge in [-0.05, 0) is 52.6 Å². The lowest BCUT2D eigenvalue weighted by Crippen LogP contribution is -2.04. The highest BCUT2D eigenvalue weighted by Gasteiger charge is 2.24. The van der Waals surface area contributed by atoms with Crippen LogP contribution in [0.15, 0.2) is 200 Å². The van der Waals surface area contributed by atoms with Crippen LogP contribution in [0.2, 0.25) is 0 Å². The number of hydrogen-bond donors (Lipinski definition) is 0. The second-order valence-electron chi connectivity index (χ2n) is 14.8. The van der Waals surface area contributed by atoms with Gasteiger partial charge in [-0.1, -0.05) is 164 Å². The van der Waals surface area contributed by atoms with Crippen molar-refractivity contribution in [3.63, 3.8) is 0 Å². The van der Waals surface area contributed by atoms with Crippen LogP contribution in [-0.4, -0.2) is 24.1 Å². The van der Waals surface area contributed by atoms with Gasteiger partial charge in [-0.25, -0.2) is 15.0 Å². The highest BCUT2D eigenvalue weighted by molar-refractivity contribution is 6.22. The topological polar surface area (TPSA) is 48.5 Å². The average Bonchev–Trinajstić information content (AvgIpc) is 3.81. The molecule has 0 atom stereocenters. The number of nitrogens with zero attached hydrogens (tertiary/aromatic N) is 5. The summed E-state index contributed by atoms with van der Waals surface area (Å²) in [5.74, 6) is 1.88. The molecule has 12 aromatic rings. The molecule has 270 valence electrons. The van der Waals surface area contributed by atoms with E-state index in [1.54, 1.807) is 0 Å². The van der Waals surface area contributed by atoms with Crippen molar-refractivity contribution in [2.75, 3.05) is 0 Å². The molecule has 12 rings (SSSR count). The standard InChI is InChI=1S/C53H33N5/c1-2-18-35(19-3-1)51-54-52(41-28-16-21-34-17-4-6-22-37(34)41)56-53(55-51)43-27-11-15-32-47(43)57-46-31-14-10-26-42(46)49-48(57)33-36-20-5-7-23-38(36)50(49)58-44-29-12-8-24-39(44)40-25-9-13-30-45(40)58/h1-33H. The van der Waals surface area contributed by atoms with Crippen LogP contribution in [0.5, 0.6) is 0 Å². The summed E-state index contributed by atoms with van der Waals surface area (Å²) in [7, 11) is 0. The van der Waals surface area contributed by atoms with Crippen LogP contribution in [0.3, 0.4) is 0 Å². The summed E-state index contributed by atoms with van der Waals surface area (Å²) in [4.78, 5) is 15.7. The lowest BCUT2D eigenvalue weighted by Gasteiger charge is -2.17. The van der Waals surface area contributed by atoms with E-state index < -0.39 is 0 Å². The molecule has 0 radical (unpaired) electrons. The maximum Gasteiger partial charge on any atom is 0.166 e. The smallest absolute Gasteiger partial charge is 0.166 e. The molecule has 9 aromatic carbocycles. The SMILES string of the molecule is c1ccc(-c2nc(-c3ccccc3-n3c4ccccc4c4c(-n5c6ccccc6c6ccccc65)c5ccccc5cc43)nc(-c3cccc4ccccc34)n2)cc1. The summed E-state index contributed by atoms with van der Waals surface area (Å²) in [6.07, 6.45) is 0. The zero-order valence-electron chi connectivity index (χ0n) is 31.3. The predicted octanol–water partition coefficient (Wildman–Crippen LogP) is 13.4. The Balaban J connectivity index is 1.19. The van der Waals surface area contributed by atoms with Crippen molar-refractivity contribution in [2.24, 2.45) is 0 Å². The summed E-state index contributed by atoms with van der Waals surface area (Å²) in [6, 6.07) is 70.9. The molecule has 0 amide bonds. The van der Waals surface area contributed by atoms with E-state index in [-0.39, 0.29) is 0 Å². The van der Waals surface area contributed by atoms with Gasteiger partial charge in [0.2, 0.25) is 0 Å². The maximum atomic E-state index is 5.32. The minimum Gasteiger partial charge on any atom is -0.308 e. The van der Waals surface area contributed by atoms with Crippen molar-refractivity contribution in [2.45, 2.75) is 0 Å². The van der Waals surface area contributed by atoms with Crippen molar-refractivity contribution in [3.05, 3.63) is 200 Å². The highest BCUT2D eigenvalue weighted by atomic mass is 15.1. The van der Waals surface area contributed by atoms with Gasteiger partial charge in [-0.15, -0.1) is 0 Å². The Hall–Kier alpha value is -7.89. The number of rotatable bonds is 5. The first-order chi connectivity index (χ1) is 28.8. The van der Waals surface area contributed by atoms with Gasteiger partial charge in [0.05, 0.1) is 33.4 Å². The lowest BCUT2D eigenvalue weighted by atomic mass is 10.0. The van der Waals surface area contributed by atoms with Crippen molar-refractivity contribution in [1.29, 1.82) is 0 Å². The molecule has 0 saturated heterocycles. The van der Waals surface area contributed by atoms with Gasteiger partial charge < -0.3 is 9.13 Å². The largest absolute Gasteiger partial charge is 0.308 e. The van der Waals surface area contributed by atoms with Crippen molar-refractivity contribution < 1.29 is 0 Å². The molecule has 0 unspecified atom stereocenters. The van der Waals surface area contributed by atoms with Crippen molar-refractivity contribution in [1.82, 2.24) is 24.1 Å². The zero-order chi connectivity index (χ0) is 38.2. The Morgan fingerprint density at radius 1 is 0.310 bits per heavy atom. The van der Waals surface area contributed by atoms with Crippen LogP contribution in [0, 0.1) is 0 Å². The van der Waals surface area contributed by atoms with Crippen LogP contribution in [0.25, 0.3) is 111 Å². The van der Waals surface area contributed by atoms with Gasteiger partial charge in [0.25, 0.3) is 0 Å². The average molecular weight is 740 g/mol. The van der Waals surface area contributed by atoms with Crippen molar-refractivity contribution >= 4 is 65.2 Å². The van der Waals surface area contributed by atoms with Crippen molar-refractivity contribution in [3.8, 4) is 45.5 Å². The van der Waals surface area contributed by atoms with E-state index >= 15 is 0 Å². The molecular formula is C53H33N5. The Morgan fingerprint density at radius 3 is 1.55 bits per heavy atom. The second kappa shape index (κ2) is 12.8. The normalized spacial score (nSPS) is 11.8. The van der Waals surface area contributed by atoms with Gasteiger partial charge in [0.15, 0.2) is 17.5 Å². The molecule has 0 aliphatic carbocycles. The number of hydrogen-bond acceptors (Lipinski definition) is 3. The third-order valence-corrected chi connectivity index (χ3v) is 11.5. The number of fused-ring (bicyclic) bond motifs is 8. The number of aromatic nitrogens is 5. The molecule has 5 heteroatoms. The number of benzene rings is 9. The van der Waals surface area contributed by atoms with Crippen LogP contribution < -0.4 is 0 Å². The molecule has 0 aliphatic heterocycles. The molecule has 0 aliphatic rings. The third-order valence-electron chi connectivity index (χ3n) is 11.5. The van der Waals surface area contributed by atoms with E-state index in [2.05, 4.69) is 191 Å². The van der Waals surface area contributed by atoms with E-state index in [4.69, 9.17) is 15.0 Å². The quantitative estimate of drug-likeness (QED) is 0.177. The molecule has 3 aromatic heterocycles. The minimum absolute atomic E-state index is 0.613. The van der Waals surface area contributed by atoms with Gasteiger partial charge in [0, 0.05) is 43.6 Å². The zero-order valence-corrected chi connectivity index (χ0v) is 31.3. The molecule has 0 N–H and O–H groups in total. The molecule has 58 heavy (non-hydrogen) atoms. The number of para-hydroxylation sites is 4. The molecule has 0 saturated carbocycles. The summed E-state index contributed by atoms with van der Waals surface area (Å²) < 4.78 is 4.89. The first-order valence-electron chi connectivity index (χ1n) is 19.6. The Bertz CT molecular complexity index is 3520. The van der Waals surface area contributed by atoms with Gasteiger partial charge in [-0.2, -0.15) is 0 Å². The van der Waals surface area contributed by atoms with Crippen LogP contribution >= 0.6 is 0 Å². The summed E-state index contributed by atoms with van der Waals surface area (Å²) in [5.41, 5.74) is 9.55. The molecule has 0 fully saturated rings. The van der Waals surface area contributed by atoms with Crippen LogP contribution in [0.4, 0.5) is 0 Å². The van der Waals surface area contributed by atoms with Crippen LogP contribution in [-0.2, 0) is 0 Å². The summed E-state index contributed by atoms with van der Waals surface area (Å²) in [6.45, 7) is 0. The summed E-state index contributed by atoms with van der Waals surface area (Å²) in [5, 5.41) is 9.43. The fraction of sp³-hybridized carbons (Fsp3) is 0. The fourth-order valence-electron chi connectivity index (χ4n) is 9.03. The Labute approximate surface area is 333 Å². The van der Waals surface area contributed by atoms with E-state index in [0.717, 1.165) is 49.6 Å². The van der Waals surface area contributed by atoms with E-state index in [9.17, 15) is 0 Å². The third kappa shape index (κ3) is 4.87. The molecule has 0 spiro atoms.